The van der Waals surface area contributed by atoms with Crippen LogP contribution in [0.4, 0.5) is 0 Å². The first kappa shape index (κ1) is 20.2. The number of aryl methyl sites for hydroxylation is 1. The normalized spacial score (nSPS) is 20.3. The Kier molecular flexibility index (Phi) is 5.52. The van der Waals surface area contributed by atoms with Crippen molar-refractivity contribution >= 4 is 11.9 Å². The summed E-state index contributed by atoms with van der Waals surface area (Å²) in [4.78, 5) is 17.8. The van der Waals surface area contributed by atoms with Crippen LogP contribution in [0.15, 0.2) is 36.1 Å². The summed E-state index contributed by atoms with van der Waals surface area (Å²) >= 11 is 0. The zero-order chi connectivity index (χ0) is 21.4. The molecule has 1 saturated heterocycles. The maximum Gasteiger partial charge on any atom is 0.231 e. The number of hydrogen-bond donors (Lipinski definition) is 0. The lowest BCUT2D eigenvalue weighted by atomic mass is 10.00. The van der Waals surface area contributed by atoms with Crippen LogP contribution in [0.5, 0.6) is 11.5 Å². The van der Waals surface area contributed by atoms with Gasteiger partial charge in [-0.05, 0) is 31.6 Å². The van der Waals surface area contributed by atoms with Gasteiger partial charge in [-0.1, -0.05) is 29.8 Å². The maximum atomic E-state index is 13.1. The molecule has 2 aromatic rings. The monoisotopic (exact) mass is 420 g/mol. The Morgan fingerprint density at radius 2 is 1.74 bits per heavy atom. The van der Waals surface area contributed by atoms with E-state index in [1.54, 1.807) is 0 Å². The first-order valence-electron chi connectivity index (χ1n) is 10.9. The third kappa shape index (κ3) is 4.11. The van der Waals surface area contributed by atoms with E-state index in [1.165, 1.54) is 5.56 Å². The van der Waals surface area contributed by atoms with E-state index in [2.05, 4.69) is 9.80 Å². The van der Waals surface area contributed by atoms with Crippen LogP contribution in [-0.4, -0.2) is 61.7 Å². The molecule has 0 bridgehead atoms. The zero-order valence-electron chi connectivity index (χ0n) is 18.1. The largest absolute Gasteiger partial charge is 0.477 e. The molecule has 31 heavy (non-hydrogen) atoms. The lowest BCUT2D eigenvalue weighted by molar-refractivity contribution is 0.0239. The highest BCUT2D eigenvalue weighted by atomic mass is 16.5. The van der Waals surface area contributed by atoms with E-state index in [1.807, 2.05) is 50.3 Å². The van der Waals surface area contributed by atoms with Gasteiger partial charge in [-0.2, -0.15) is 0 Å². The number of ether oxygens (including phenoxy) is 3. The number of carbonyl (C=O) groups excluding carboxylic acids is 1. The average molecular weight is 421 g/mol. The summed E-state index contributed by atoms with van der Waals surface area (Å²) in [5.74, 6) is 1.79. The van der Waals surface area contributed by atoms with Gasteiger partial charge in [0.15, 0.2) is 5.76 Å². The molecule has 6 nitrogen and oxygen atoms in total. The fraction of sp³-hybridized carbons (Fsp3) is 0.400. The summed E-state index contributed by atoms with van der Waals surface area (Å²) in [6.07, 6.45) is 1.82. The van der Waals surface area contributed by atoms with Gasteiger partial charge in [0.1, 0.15) is 18.2 Å². The maximum absolute atomic E-state index is 13.1. The van der Waals surface area contributed by atoms with E-state index in [-0.39, 0.29) is 5.78 Å². The number of hydrogen-bond acceptors (Lipinski definition) is 6. The van der Waals surface area contributed by atoms with Crippen LogP contribution in [-0.2, 0) is 11.3 Å². The minimum atomic E-state index is -0.0630. The molecule has 6 heteroatoms. The molecule has 0 atom stereocenters. The smallest absolute Gasteiger partial charge is 0.231 e. The Hall–Kier alpha value is -2.67. The van der Waals surface area contributed by atoms with Gasteiger partial charge in [0.05, 0.1) is 18.8 Å². The number of rotatable bonds is 4. The third-order valence-corrected chi connectivity index (χ3v) is 6.21. The van der Waals surface area contributed by atoms with E-state index in [0.717, 1.165) is 68.4 Å². The number of fused-ring (bicyclic) bond motifs is 2. The first-order valence-corrected chi connectivity index (χ1v) is 10.9. The molecule has 162 valence electrons. The Balaban J connectivity index is 1.33. The van der Waals surface area contributed by atoms with Crippen molar-refractivity contribution in [1.82, 2.24) is 9.80 Å². The van der Waals surface area contributed by atoms with E-state index in [4.69, 9.17) is 14.2 Å². The van der Waals surface area contributed by atoms with Crippen molar-refractivity contribution in [1.29, 1.82) is 0 Å². The predicted octanol–water partition coefficient (Wildman–Crippen LogP) is 3.40. The molecular weight excluding hydrogens is 392 g/mol. The number of ketones is 1. The standard InChI is InChI=1S/C25H28N2O4/c1-17-3-5-19(6-4-17)13-22-23(28)21-14-20-15-27(8-7-26-9-11-29-12-10-26)16-30-24(20)18(2)25(21)31-22/h3-6,13-14H,7-12,15-16H2,1-2H3/b22-13-. The highest BCUT2D eigenvalue weighted by Gasteiger charge is 2.33. The van der Waals surface area contributed by atoms with Crippen molar-refractivity contribution in [2.24, 2.45) is 0 Å². The average Bonchev–Trinajstić information content (AvgIpc) is 3.10. The summed E-state index contributed by atoms with van der Waals surface area (Å²) in [6, 6.07) is 10.0. The van der Waals surface area contributed by atoms with Gasteiger partial charge in [-0.15, -0.1) is 0 Å². The van der Waals surface area contributed by atoms with Crippen LogP contribution >= 0.6 is 0 Å². The molecule has 0 spiro atoms. The molecular formula is C25H28N2O4. The molecule has 1 fully saturated rings. The minimum absolute atomic E-state index is 0.0630. The number of nitrogens with zero attached hydrogens (tertiary/aromatic N) is 2. The second-order valence-corrected chi connectivity index (χ2v) is 8.50. The van der Waals surface area contributed by atoms with Gasteiger partial charge in [-0.25, -0.2) is 0 Å². The molecule has 3 aliphatic heterocycles. The summed E-state index contributed by atoms with van der Waals surface area (Å²) in [5, 5.41) is 0. The van der Waals surface area contributed by atoms with Gasteiger partial charge in [0.25, 0.3) is 0 Å². The molecule has 3 aliphatic rings. The zero-order valence-corrected chi connectivity index (χ0v) is 18.1. The predicted molar refractivity (Wildman–Crippen MR) is 118 cm³/mol. The topological polar surface area (TPSA) is 51.2 Å². The fourth-order valence-corrected chi connectivity index (χ4v) is 4.36. The van der Waals surface area contributed by atoms with Gasteiger partial charge >= 0.3 is 0 Å². The van der Waals surface area contributed by atoms with E-state index >= 15 is 0 Å². The van der Waals surface area contributed by atoms with Crippen molar-refractivity contribution in [2.75, 3.05) is 46.1 Å². The summed E-state index contributed by atoms with van der Waals surface area (Å²) in [6.45, 7) is 10.9. The van der Waals surface area contributed by atoms with E-state index in [9.17, 15) is 4.79 Å². The number of morpholine rings is 1. The van der Waals surface area contributed by atoms with E-state index < -0.39 is 0 Å². The van der Waals surface area contributed by atoms with E-state index in [0.29, 0.717) is 23.8 Å². The van der Waals surface area contributed by atoms with Crippen LogP contribution in [0.1, 0.15) is 32.6 Å². The van der Waals surface area contributed by atoms with Gasteiger partial charge < -0.3 is 14.2 Å². The van der Waals surface area contributed by atoms with Crippen LogP contribution in [0.2, 0.25) is 0 Å². The lowest BCUT2D eigenvalue weighted by Crippen LogP contribution is -2.43. The Labute approximate surface area is 183 Å². The Bertz CT molecular complexity index is 1020. The molecule has 0 aliphatic carbocycles. The van der Waals surface area contributed by atoms with Crippen molar-refractivity contribution in [3.05, 3.63) is 63.9 Å². The molecule has 0 unspecified atom stereocenters. The molecule has 0 N–H and O–H groups in total. The number of carbonyl (C=O) groups is 1. The van der Waals surface area contributed by atoms with Crippen molar-refractivity contribution < 1.29 is 19.0 Å². The lowest BCUT2D eigenvalue weighted by Gasteiger charge is -2.33. The second-order valence-electron chi connectivity index (χ2n) is 8.50. The quantitative estimate of drug-likeness (QED) is 0.707. The van der Waals surface area contributed by atoms with Gasteiger partial charge in [-0.3, -0.25) is 14.6 Å². The highest BCUT2D eigenvalue weighted by Crippen LogP contribution is 2.43. The van der Waals surface area contributed by atoms with Crippen LogP contribution < -0.4 is 9.47 Å². The van der Waals surface area contributed by atoms with Crippen molar-refractivity contribution in [3.63, 3.8) is 0 Å². The van der Waals surface area contributed by atoms with Crippen molar-refractivity contribution in [3.8, 4) is 11.5 Å². The number of allylic oxidation sites excluding steroid dienone is 1. The molecule has 2 aromatic carbocycles. The van der Waals surface area contributed by atoms with Crippen molar-refractivity contribution in [2.45, 2.75) is 20.4 Å². The SMILES string of the molecule is Cc1ccc(/C=C2\Oc3c(cc4c(c3C)OCN(CCN3CCOCC3)C4)C2=O)cc1. The molecule has 0 radical (unpaired) electrons. The van der Waals surface area contributed by atoms with Gasteiger partial charge in [0.2, 0.25) is 5.78 Å². The summed E-state index contributed by atoms with van der Waals surface area (Å²) in [5.41, 5.74) is 4.73. The minimum Gasteiger partial charge on any atom is -0.477 e. The Morgan fingerprint density at radius 1 is 1.00 bits per heavy atom. The second kappa shape index (κ2) is 8.46. The Morgan fingerprint density at radius 3 is 2.52 bits per heavy atom. The van der Waals surface area contributed by atoms with Gasteiger partial charge in [0, 0.05) is 43.9 Å². The third-order valence-electron chi connectivity index (χ3n) is 6.21. The highest BCUT2D eigenvalue weighted by molar-refractivity contribution is 6.15. The van der Waals surface area contributed by atoms with Crippen LogP contribution in [0.3, 0.4) is 0 Å². The van der Waals surface area contributed by atoms with Crippen LogP contribution in [0, 0.1) is 13.8 Å². The summed E-state index contributed by atoms with van der Waals surface area (Å²) < 4.78 is 17.5. The summed E-state index contributed by atoms with van der Waals surface area (Å²) in [7, 11) is 0. The molecule has 0 amide bonds. The number of Topliss-reactive ketones (excluding diaryl/α,β-unsaturated/α-hetero) is 1. The number of benzene rings is 2. The van der Waals surface area contributed by atoms with Crippen LogP contribution in [0.25, 0.3) is 6.08 Å². The molecule has 0 saturated carbocycles. The molecule has 3 heterocycles. The first-order chi connectivity index (χ1) is 15.1. The molecule has 5 rings (SSSR count). The fourth-order valence-electron chi connectivity index (χ4n) is 4.36. The molecule has 0 aromatic heterocycles.